The standard InChI is InChI=1S/C8H6N2O2S/c9-8-10-4-1-5-6(12-3-11-5)2-7(4)13-8/h1-2H,3H2,(H2,9,10). The van der Waals surface area contributed by atoms with Gasteiger partial charge in [0.1, 0.15) is 0 Å². The fourth-order valence-electron chi connectivity index (χ4n) is 1.34. The summed E-state index contributed by atoms with van der Waals surface area (Å²) >= 11 is 1.45. The third-order valence-corrected chi connectivity index (χ3v) is 2.75. The van der Waals surface area contributed by atoms with E-state index in [1.165, 1.54) is 11.3 Å². The molecule has 1 aliphatic rings. The van der Waals surface area contributed by atoms with Crippen LogP contribution in [-0.2, 0) is 0 Å². The molecule has 1 aromatic carbocycles. The molecule has 0 aliphatic carbocycles. The van der Waals surface area contributed by atoms with Crippen LogP contribution >= 0.6 is 11.3 Å². The quantitative estimate of drug-likeness (QED) is 0.692. The highest BCUT2D eigenvalue weighted by atomic mass is 32.1. The van der Waals surface area contributed by atoms with Gasteiger partial charge in [0.2, 0.25) is 6.79 Å². The SMILES string of the molecule is Nc1nc2cc3c(cc2s1)OCO3. The van der Waals surface area contributed by atoms with Crippen LogP contribution in [0.1, 0.15) is 0 Å². The summed E-state index contributed by atoms with van der Waals surface area (Å²) in [5, 5.41) is 0.568. The smallest absolute Gasteiger partial charge is 0.231 e. The van der Waals surface area contributed by atoms with E-state index in [-0.39, 0.29) is 0 Å². The Balaban J connectivity index is 2.35. The van der Waals surface area contributed by atoms with Gasteiger partial charge in [0.15, 0.2) is 16.6 Å². The molecule has 1 aliphatic heterocycles. The number of rotatable bonds is 0. The fraction of sp³-hybridized carbons (Fsp3) is 0.125. The molecule has 1 aromatic heterocycles. The maximum Gasteiger partial charge on any atom is 0.231 e. The summed E-state index contributed by atoms with van der Waals surface area (Å²) < 4.78 is 11.5. The van der Waals surface area contributed by atoms with E-state index in [9.17, 15) is 0 Å². The van der Waals surface area contributed by atoms with Crippen molar-refractivity contribution in [3.8, 4) is 11.5 Å². The maximum atomic E-state index is 5.58. The van der Waals surface area contributed by atoms with E-state index >= 15 is 0 Å². The Hall–Kier alpha value is -1.49. The monoisotopic (exact) mass is 194 g/mol. The number of aromatic nitrogens is 1. The minimum Gasteiger partial charge on any atom is -0.454 e. The molecule has 2 heterocycles. The summed E-state index contributed by atoms with van der Waals surface area (Å²) in [5.74, 6) is 1.52. The Kier molecular flexibility index (Phi) is 1.21. The van der Waals surface area contributed by atoms with Crippen molar-refractivity contribution in [2.45, 2.75) is 0 Å². The van der Waals surface area contributed by atoms with Gasteiger partial charge >= 0.3 is 0 Å². The van der Waals surface area contributed by atoms with Gasteiger partial charge < -0.3 is 15.2 Å². The van der Waals surface area contributed by atoms with Crippen molar-refractivity contribution >= 4 is 26.7 Å². The summed E-state index contributed by atoms with van der Waals surface area (Å²) in [7, 11) is 0. The Bertz CT molecular complexity index is 439. The highest BCUT2D eigenvalue weighted by molar-refractivity contribution is 7.22. The fourth-order valence-corrected chi connectivity index (χ4v) is 2.08. The van der Waals surface area contributed by atoms with Gasteiger partial charge in [-0.3, -0.25) is 0 Å². The summed E-state index contributed by atoms with van der Waals surface area (Å²) in [4.78, 5) is 4.15. The van der Waals surface area contributed by atoms with Gasteiger partial charge in [0, 0.05) is 12.1 Å². The Morgan fingerprint density at radius 2 is 2.08 bits per heavy atom. The predicted octanol–water partition coefficient (Wildman–Crippen LogP) is 1.61. The molecule has 0 atom stereocenters. The topological polar surface area (TPSA) is 57.4 Å². The van der Waals surface area contributed by atoms with Crippen LogP contribution in [0.15, 0.2) is 12.1 Å². The van der Waals surface area contributed by atoms with Crippen molar-refractivity contribution < 1.29 is 9.47 Å². The van der Waals surface area contributed by atoms with Gasteiger partial charge in [0.25, 0.3) is 0 Å². The lowest BCUT2D eigenvalue weighted by Crippen LogP contribution is -1.92. The van der Waals surface area contributed by atoms with Crippen LogP contribution in [0.3, 0.4) is 0 Å². The molecular weight excluding hydrogens is 188 g/mol. The average Bonchev–Trinajstić information content (AvgIpc) is 2.63. The number of hydrogen-bond acceptors (Lipinski definition) is 5. The highest BCUT2D eigenvalue weighted by Gasteiger charge is 2.15. The van der Waals surface area contributed by atoms with Crippen LogP contribution in [-0.4, -0.2) is 11.8 Å². The molecule has 0 fully saturated rings. The van der Waals surface area contributed by atoms with Gasteiger partial charge in [-0.15, -0.1) is 0 Å². The third kappa shape index (κ3) is 0.936. The van der Waals surface area contributed by atoms with Crippen LogP contribution in [0.25, 0.3) is 10.2 Å². The van der Waals surface area contributed by atoms with Crippen LogP contribution < -0.4 is 15.2 Å². The van der Waals surface area contributed by atoms with Crippen molar-refractivity contribution in [3.63, 3.8) is 0 Å². The molecule has 5 heteroatoms. The number of fused-ring (bicyclic) bond motifs is 2. The van der Waals surface area contributed by atoms with Gasteiger partial charge in [-0.25, -0.2) is 4.98 Å². The highest BCUT2D eigenvalue weighted by Crippen LogP contribution is 2.38. The van der Waals surface area contributed by atoms with E-state index in [2.05, 4.69) is 4.98 Å². The number of ether oxygens (including phenoxy) is 2. The normalized spacial score (nSPS) is 13.8. The second-order valence-corrected chi connectivity index (χ2v) is 3.79. The molecule has 0 bridgehead atoms. The number of anilines is 1. The third-order valence-electron chi connectivity index (χ3n) is 1.90. The van der Waals surface area contributed by atoms with Crippen molar-refractivity contribution in [2.75, 3.05) is 12.5 Å². The average molecular weight is 194 g/mol. The molecule has 0 radical (unpaired) electrons. The molecule has 0 spiro atoms. The van der Waals surface area contributed by atoms with Crippen molar-refractivity contribution in [3.05, 3.63) is 12.1 Å². The number of benzene rings is 1. The minimum atomic E-state index is 0.294. The molecule has 13 heavy (non-hydrogen) atoms. The summed E-state index contributed by atoms with van der Waals surface area (Å²) in [6.07, 6.45) is 0. The van der Waals surface area contributed by atoms with E-state index in [1.54, 1.807) is 0 Å². The number of thiazole rings is 1. The van der Waals surface area contributed by atoms with Crippen LogP contribution in [0.4, 0.5) is 5.13 Å². The van der Waals surface area contributed by atoms with Crippen LogP contribution in [0.2, 0.25) is 0 Å². The molecule has 66 valence electrons. The van der Waals surface area contributed by atoms with Gasteiger partial charge in [0.05, 0.1) is 10.2 Å². The number of nitrogens with two attached hydrogens (primary N) is 1. The first-order chi connectivity index (χ1) is 6.33. The number of nitrogen functional groups attached to an aromatic ring is 1. The van der Waals surface area contributed by atoms with E-state index in [1.807, 2.05) is 12.1 Å². The molecule has 0 saturated carbocycles. The summed E-state index contributed by atoms with van der Waals surface area (Å²) in [6, 6.07) is 3.76. The zero-order valence-electron chi connectivity index (χ0n) is 6.61. The summed E-state index contributed by atoms with van der Waals surface area (Å²) in [6.45, 7) is 0.294. The molecule has 2 N–H and O–H groups in total. The van der Waals surface area contributed by atoms with E-state index < -0.39 is 0 Å². The molecule has 0 saturated heterocycles. The maximum absolute atomic E-state index is 5.58. The second-order valence-electron chi connectivity index (χ2n) is 2.73. The lowest BCUT2D eigenvalue weighted by Gasteiger charge is -1.93. The van der Waals surface area contributed by atoms with Gasteiger partial charge in [-0.1, -0.05) is 11.3 Å². The lowest BCUT2D eigenvalue weighted by atomic mass is 10.3. The Labute approximate surface area is 77.9 Å². The summed E-state index contributed by atoms with van der Waals surface area (Å²) in [5.41, 5.74) is 6.44. The largest absolute Gasteiger partial charge is 0.454 e. The molecule has 4 nitrogen and oxygen atoms in total. The number of nitrogens with zero attached hydrogens (tertiary/aromatic N) is 1. The minimum absolute atomic E-state index is 0.294. The van der Waals surface area contributed by atoms with Crippen molar-refractivity contribution in [2.24, 2.45) is 0 Å². The van der Waals surface area contributed by atoms with E-state index in [0.717, 1.165) is 21.7 Å². The zero-order valence-corrected chi connectivity index (χ0v) is 7.43. The molecule has 3 rings (SSSR count). The van der Waals surface area contributed by atoms with Crippen LogP contribution in [0.5, 0.6) is 11.5 Å². The Morgan fingerprint density at radius 1 is 1.31 bits per heavy atom. The number of hydrogen-bond donors (Lipinski definition) is 1. The predicted molar refractivity (Wildman–Crippen MR) is 50.2 cm³/mol. The van der Waals surface area contributed by atoms with E-state index in [0.29, 0.717) is 11.9 Å². The first-order valence-electron chi connectivity index (χ1n) is 3.78. The van der Waals surface area contributed by atoms with E-state index in [4.69, 9.17) is 15.2 Å². The molecule has 0 amide bonds. The van der Waals surface area contributed by atoms with Crippen molar-refractivity contribution in [1.82, 2.24) is 4.98 Å². The van der Waals surface area contributed by atoms with Gasteiger partial charge in [-0.2, -0.15) is 0 Å². The second kappa shape index (κ2) is 2.26. The molecule has 2 aromatic rings. The first kappa shape index (κ1) is 6.97. The Morgan fingerprint density at radius 3 is 2.92 bits per heavy atom. The molecule has 0 unspecified atom stereocenters. The zero-order chi connectivity index (χ0) is 8.84. The van der Waals surface area contributed by atoms with Crippen molar-refractivity contribution in [1.29, 1.82) is 0 Å². The van der Waals surface area contributed by atoms with Crippen LogP contribution in [0, 0.1) is 0 Å². The molecular formula is C8H6N2O2S. The lowest BCUT2D eigenvalue weighted by molar-refractivity contribution is 0.174. The first-order valence-corrected chi connectivity index (χ1v) is 4.60. The van der Waals surface area contributed by atoms with Gasteiger partial charge in [-0.05, 0) is 0 Å².